The predicted octanol–water partition coefficient (Wildman–Crippen LogP) is 4.31. The van der Waals surface area contributed by atoms with Crippen molar-refractivity contribution in [2.45, 2.75) is 11.0 Å². The molecule has 2 heterocycles. The molecule has 2 aromatic carbocycles. The number of fused-ring (bicyclic) bond motifs is 1. The van der Waals surface area contributed by atoms with Crippen molar-refractivity contribution >= 4 is 22.9 Å². The normalized spacial score (nSPS) is 11.2. The number of halogens is 1. The number of para-hydroxylation sites is 2. The molecule has 114 valence electrons. The lowest BCUT2D eigenvalue weighted by atomic mass is 10.2. The lowest BCUT2D eigenvalue weighted by molar-refractivity contribution is 0.486. The van der Waals surface area contributed by atoms with Crippen LogP contribution >= 0.6 is 11.8 Å². The summed E-state index contributed by atoms with van der Waals surface area (Å²) >= 11 is 1.36. The molecule has 7 heteroatoms. The summed E-state index contributed by atoms with van der Waals surface area (Å²) in [5.41, 5.74) is 2.09. The molecule has 0 aliphatic heterocycles. The van der Waals surface area contributed by atoms with Crippen molar-refractivity contribution in [3.63, 3.8) is 0 Å². The average Bonchev–Trinajstić information content (AvgIpc) is 3.19. The van der Waals surface area contributed by atoms with Crippen LogP contribution in [0.5, 0.6) is 0 Å². The molecule has 0 spiro atoms. The number of hydrogen-bond acceptors (Lipinski definition) is 6. The molecular weight excluding hydrogens is 317 g/mol. The maximum Gasteiger partial charge on any atom is 0.257 e. The minimum atomic E-state index is -0.344. The van der Waals surface area contributed by atoms with Crippen LogP contribution in [0.4, 0.5) is 4.39 Å². The summed E-state index contributed by atoms with van der Waals surface area (Å²) in [4.78, 5) is 4.36. The van der Waals surface area contributed by atoms with Crippen LogP contribution in [0.15, 0.2) is 62.6 Å². The number of rotatable bonds is 4. The Bertz CT molecular complexity index is 934. The zero-order valence-electron chi connectivity index (χ0n) is 11.8. The van der Waals surface area contributed by atoms with E-state index in [-0.39, 0.29) is 11.7 Å². The Labute approximate surface area is 134 Å². The highest BCUT2D eigenvalue weighted by Gasteiger charge is 2.12. The van der Waals surface area contributed by atoms with Gasteiger partial charge in [-0.15, -0.1) is 10.2 Å². The van der Waals surface area contributed by atoms with Gasteiger partial charge in [-0.1, -0.05) is 30.0 Å². The van der Waals surface area contributed by atoms with Gasteiger partial charge in [0.25, 0.3) is 5.22 Å². The summed E-state index contributed by atoms with van der Waals surface area (Å²) in [7, 11) is 0. The first-order valence-electron chi connectivity index (χ1n) is 6.84. The van der Waals surface area contributed by atoms with Crippen LogP contribution in [0.1, 0.15) is 5.89 Å². The van der Waals surface area contributed by atoms with E-state index in [4.69, 9.17) is 8.83 Å². The zero-order valence-corrected chi connectivity index (χ0v) is 12.6. The third-order valence-corrected chi connectivity index (χ3v) is 3.94. The molecule has 0 amide bonds. The monoisotopic (exact) mass is 327 g/mol. The van der Waals surface area contributed by atoms with Crippen molar-refractivity contribution < 1.29 is 13.2 Å². The third kappa shape index (κ3) is 2.95. The molecule has 0 aliphatic rings. The van der Waals surface area contributed by atoms with Crippen LogP contribution in [0.25, 0.3) is 22.6 Å². The van der Waals surface area contributed by atoms with Crippen molar-refractivity contribution in [2.75, 3.05) is 0 Å². The quantitative estimate of drug-likeness (QED) is 0.520. The Hall–Kier alpha value is -2.67. The van der Waals surface area contributed by atoms with Gasteiger partial charge in [0, 0.05) is 5.56 Å². The van der Waals surface area contributed by atoms with E-state index in [0.717, 1.165) is 11.1 Å². The lowest BCUT2D eigenvalue weighted by Gasteiger charge is -1.94. The number of nitrogens with zero attached hydrogens (tertiary/aromatic N) is 3. The van der Waals surface area contributed by atoms with Gasteiger partial charge in [-0.3, -0.25) is 0 Å². The highest BCUT2D eigenvalue weighted by Crippen LogP contribution is 2.27. The first kappa shape index (κ1) is 14.0. The average molecular weight is 327 g/mol. The van der Waals surface area contributed by atoms with Gasteiger partial charge in [0.05, 0.1) is 5.75 Å². The van der Waals surface area contributed by atoms with Crippen molar-refractivity contribution in [3.05, 3.63) is 60.2 Å². The molecule has 0 aliphatic carbocycles. The maximum atomic E-state index is 13.2. The molecule has 0 fully saturated rings. The summed E-state index contributed by atoms with van der Waals surface area (Å²) in [6.07, 6.45) is 0. The second-order valence-corrected chi connectivity index (χ2v) is 5.67. The largest absolute Gasteiger partial charge is 0.431 e. The Balaban J connectivity index is 1.49. The summed E-state index contributed by atoms with van der Waals surface area (Å²) in [5, 5.41) is 8.44. The third-order valence-electron chi connectivity index (χ3n) is 3.13. The number of oxazole rings is 1. The van der Waals surface area contributed by atoms with Gasteiger partial charge >= 0.3 is 0 Å². The molecular formula is C16H10FN3O2S. The SMILES string of the molecule is Fc1cccc(-c2nnc(CSc3nc4ccccc4o3)o2)c1. The maximum absolute atomic E-state index is 13.2. The van der Waals surface area contributed by atoms with Gasteiger partial charge in [-0.05, 0) is 30.3 Å². The van der Waals surface area contributed by atoms with Crippen LogP contribution in [0, 0.1) is 5.82 Å². The summed E-state index contributed by atoms with van der Waals surface area (Å²) in [5.74, 6) is 0.798. The van der Waals surface area contributed by atoms with Gasteiger partial charge in [0.15, 0.2) is 5.58 Å². The Kier molecular flexibility index (Phi) is 3.55. The molecule has 0 radical (unpaired) electrons. The predicted molar refractivity (Wildman–Crippen MR) is 83.3 cm³/mol. The molecule has 23 heavy (non-hydrogen) atoms. The standard InChI is InChI=1S/C16H10FN3O2S/c17-11-5-3-4-10(8-11)15-20-19-14(22-15)9-23-16-18-12-6-1-2-7-13(12)21-16/h1-8H,9H2. The molecule has 4 rings (SSSR count). The van der Waals surface area contributed by atoms with E-state index in [1.54, 1.807) is 12.1 Å². The minimum Gasteiger partial charge on any atom is -0.431 e. The van der Waals surface area contributed by atoms with E-state index in [9.17, 15) is 4.39 Å². The summed E-state index contributed by atoms with van der Waals surface area (Å²) < 4.78 is 24.4. The zero-order chi connectivity index (χ0) is 15.6. The van der Waals surface area contributed by atoms with E-state index >= 15 is 0 Å². The molecule has 0 unspecified atom stereocenters. The van der Waals surface area contributed by atoms with Crippen molar-refractivity contribution in [1.29, 1.82) is 0 Å². The van der Waals surface area contributed by atoms with Gasteiger partial charge in [0.1, 0.15) is 11.3 Å². The Morgan fingerprint density at radius 3 is 2.78 bits per heavy atom. The minimum absolute atomic E-state index is 0.290. The molecule has 0 saturated carbocycles. The fourth-order valence-electron chi connectivity index (χ4n) is 2.09. The molecule has 0 N–H and O–H groups in total. The highest BCUT2D eigenvalue weighted by molar-refractivity contribution is 7.98. The van der Waals surface area contributed by atoms with Gasteiger partial charge < -0.3 is 8.83 Å². The van der Waals surface area contributed by atoms with Crippen molar-refractivity contribution in [1.82, 2.24) is 15.2 Å². The first-order chi connectivity index (χ1) is 11.3. The van der Waals surface area contributed by atoms with Crippen molar-refractivity contribution in [2.24, 2.45) is 0 Å². The van der Waals surface area contributed by atoms with E-state index < -0.39 is 0 Å². The fraction of sp³-hybridized carbons (Fsp3) is 0.0625. The van der Waals surface area contributed by atoms with Gasteiger partial charge in [0.2, 0.25) is 11.8 Å². The molecule has 5 nitrogen and oxygen atoms in total. The number of thioether (sulfide) groups is 1. The van der Waals surface area contributed by atoms with Crippen molar-refractivity contribution in [3.8, 4) is 11.5 Å². The molecule has 4 aromatic rings. The lowest BCUT2D eigenvalue weighted by Crippen LogP contribution is -1.80. The molecule has 0 atom stereocenters. The van der Waals surface area contributed by atoms with Crippen LogP contribution in [0.2, 0.25) is 0 Å². The Morgan fingerprint density at radius 2 is 1.91 bits per heavy atom. The van der Waals surface area contributed by atoms with Crippen LogP contribution in [0.3, 0.4) is 0 Å². The first-order valence-corrected chi connectivity index (χ1v) is 7.83. The second kappa shape index (κ2) is 5.85. The van der Waals surface area contributed by atoms with Crippen LogP contribution in [-0.2, 0) is 5.75 Å². The summed E-state index contributed by atoms with van der Waals surface area (Å²) in [6, 6.07) is 13.6. The second-order valence-electron chi connectivity index (χ2n) is 4.75. The number of hydrogen-bond donors (Lipinski definition) is 0. The fourth-order valence-corrected chi connectivity index (χ4v) is 2.76. The molecule has 0 saturated heterocycles. The highest BCUT2D eigenvalue weighted by atomic mass is 32.2. The number of benzene rings is 2. The van der Waals surface area contributed by atoms with Gasteiger partial charge in [-0.25, -0.2) is 9.37 Å². The number of aromatic nitrogens is 3. The topological polar surface area (TPSA) is 65.0 Å². The Morgan fingerprint density at radius 1 is 1.00 bits per heavy atom. The molecule has 0 bridgehead atoms. The molecule has 2 aromatic heterocycles. The van der Waals surface area contributed by atoms with Gasteiger partial charge in [-0.2, -0.15) is 0 Å². The summed E-state index contributed by atoms with van der Waals surface area (Å²) in [6.45, 7) is 0. The van der Waals surface area contributed by atoms with E-state index in [2.05, 4.69) is 15.2 Å². The smallest absolute Gasteiger partial charge is 0.257 e. The van der Waals surface area contributed by atoms with Crippen LogP contribution < -0.4 is 0 Å². The van der Waals surface area contributed by atoms with Crippen LogP contribution in [-0.4, -0.2) is 15.2 Å². The van der Waals surface area contributed by atoms with E-state index in [1.165, 1.54) is 23.9 Å². The van der Waals surface area contributed by atoms with E-state index in [0.29, 0.717) is 22.4 Å². The van der Waals surface area contributed by atoms with E-state index in [1.807, 2.05) is 24.3 Å².